The van der Waals surface area contributed by atoms with Crippen molar-refractivity contribution in [1.82, 2.24) is 0 Å². The van der Waals surface area contributed by atoms with E-state index in [-0.39, 0.29) is 10.9 Å². The molecule has 0 radical (unpaired) electrons. The number of hydrogen-bond acceptors (Lipinski definition) is 3. The molecule has 0 spiro atoms. The van der Waals surface area contributed by atoms with Crippen molar-refractivity contribution in [3.05, 3.63) is 59.1 Å². The Morgan fingerprint density at radius 2 is 1.73 bits per heavy atom. The van der Waals surface area contributed by atoms with Gasteiger partial charge < -0.3 is 0 Å². The van der Waals surface area contributed by atoms with Gasteiger partial charge in [-0.15, -0.1) is 0 Å². The molecule has 0 aliphatic heterocycles. The molecule has 0 saturated heterocycles. The van der Waals surface area contributed by atoms with Crippen molar-refractivity contribution in [2.24, 2.45) is 16.5 Å². The fourth-order valence-corrected chi connectivity index (χ4v) is 2.76. The lowest BCUT2D eigenvalue weighted by Crippen LogP contribution is -2.80. The molecule has 5 N–H and O–H groups in total. The third-order valence-corrected chi connectivity index (χ3v) is 4.40. The fourth-order valence-electron chi connectivity index (χ4n) is 1.65. The molecule has 0 saturated carbocycles. The van der Waals surface area contributed by atoms with Crippen molar-refractivity contribution in [2.45, 2.75) is 4.90 Å². The first-order valence-electron chi connectivity index (χ1n) is 6.18. The highest BCUT2D eigenvalue weighted by molar-refractivity contribution is 7.84. The number of rotatable bonds is 4. The maximum atomic E-state index is 11.8. The van der Waals surface area contributed by atoms with Gasteiger partial charge >= 0.3 is 16.0 Å². The SMILES string of the molecule is NC(N)=[NH+]S(=O)(=O)c1ccc(N=Cc2ccccc2Cl)cc1. The lowest BCUT2D eigenvalue weighted by atomic mass is 10.2. The van der Waals surface area contributed by atoms with E-state index in [0.29, 0.717) is 10.7 Å². The molecule has 0 aliphatic rings. The third kappa shape index (κ3) is 4.06. The topological polar surface area (TPSA) is 113 Å². The molecular formula is C14H14ClN4O2S+. The summed E-state index contributed by atoms with van der Waals surface area (Å²) in [5, 5.41) is 0.587. The first-order chi connectivity index (χ1) is 10.4. The second-order valence-electron chi connectivity index (χ2n) is 4.33. The first kappa shape index (κ1) is 16.0. The number of halogens is 1. The minimum atomic E-state index is -3.76. The highest BCUT2D eigenvalue weighted by Crippen LogP contribution is 2.17. The number of nitrogens with two attached hydrogens (primary N) is 2. The lowest BCUT2D eigenvalue weighted by molar-refractivity contribution is -0.270. The molecule has 0 fully saturated rings. The number of benzene rings is 2. The predicted octanol–water partition coefficient (Wildman–Crippen LogP) is 0.133. The monoisotopic (exact) mass is 337 g/mol. The molecular weight excluding hydrogens is 324 g/mol. The Hall–Kier alpha value is -2.38. The molecule has 22 heavy (non-hydrogen) atoms. The van der Waals surface area contributed by atoms with E-state index in [1.807, 2.05) is 22.6 Å². The van der Waals surface area contributed by atoms with E-state index in [2.05, 4.69) is 4.99 Å². The van der Waals surface area contributed by atoms with Crippen molar-refractivity contribution in [1.29, 1.82) is 0 Å². The molecule has 8 heteroatoms. The number of nitrogens with zero attached hydrogens (tertiary/aromatic N) is 1. The van der Waals surface area contributed by atoms with E-state index in [0.717, 1.165) is 5.56 Å². The summed E-state index contributed by atoms with van der Waals surface area (Å²) in [6, 6.07) is 13.2. The molecule has 114 valence electrons. The quantitative estimate of drug-likeness (QED) is 0.543. The maximum Gasteiger partial charge on any atom is 0.353 e. The predicted molar refractivity (Wildman–Crippen MR) is 86.7 cm³/mol. The normalized spacial score (nSPS) is 11.5. The molecule has 0 amide bonds. The summed E-state index contributed by atoms with van der Waals surface area (Å²) in [4.78, 5) is 4.28. The molecule has 2 rings (SSSR count). The zero-order valence-electron chi connectivity index (χ0n) is 11.4. The van der Waals surface area contributed by atoms with Gasteiger partial charge in [0, 0.05) is 16.8 Å². The van der Waals surface area contributed by atoms with E-state index in [1.54, 1.807) is 24.4 Å². The van der Waals surface area contributed by atoms with Crippen molar-refractivity contribution < 1.29 is 12.8 Å². The molecule has 0 bridgehead atoms. The van der Waals surface area contributed by atoms with Gasteiger partial charge in [0.2, 0.25) is 0 Å². The van der Waals surface area contributed by atoms with Crippen LogP contribution in [0.15, 0.2) is 58.4 Å². The second kappa shape index (κ2) is 6.59. The second-order valence-corrected chi connectivity index (χ2v) is 6.42. The number of hydrogen-bond donors (Lipinski definition) is 3. The van der Waals surface area contributed by atoms with Crippen LogP contribution < -0.4 is 15.9 Å². The van der Waals surface area contributed by atoms with Gasteiger partial charge in [0.05, 0.1) is 5.69 Å². The van der Waals surface area contributed by atoms with Crippen LogP contribution in [0.4, 0.5) is 5.69 Å². The van der Waals surface area contributed by atoms with Gasteiger partial charge in [-0.2, -0.15) is 12.8 Å². The summed E-state index contributed by atoms with van der Waals surface area (Å²) in [6.07, 6.45) is 1.61. The van der Waals surface area contributed by atoms with Gasteiger partial charge in [-0.3, -0.25) is 16.5 Å². The largest absolute Gasteiger partial charge is 0.353 e. The average Bonchev–Trinajstić information content (AvgIpc) is 2.45. The Bertz CT molecular complexity index is 826. The van der Waals surface area contributed by atoms with Gasteiger partial charge in [0.25, 0.3) is 0 Å². The summed E-state index contributed by atoms with van der Waals surface area (Å²) in [5.41, 5.74) is 11.6. The van der Waals surface area contributed by atoms with Crippen LogP contribution in [0.25, 0.3) is 0 Å². The molecule has 0 heterocycles. The first-order valence-corrected chi connectivity index (χ1v) is 8.04. The fraction of sp³-hybridized carbons (Fsp3) is 0. The Balaban J connectivity index is 2.23. The van der Waals surface area contributed by atoms with Gasteiger partial charge in [-0.1, -0.05) is 29.8 Å². The summed E-state index contributed by atoms with van der Waals surface area (Å²) >= 11 is 6.02. The highest BCUT2D eigenvalue weighted by atomic mass is 35.5. The molecule has 2 aromatic carbocycles. The van der Waals surface area contributed by atoms with Crippen LogP contribution in [0.1, 0.15) is 5.56 Å². The molecule has 2 aromatic rings. The van der Waals surface area contributed by atoms with Crippen molar-refractivity contribution in [3.63, 3.8) is 0 Å². The smallest absolute Gasteiger partial charge is 0.290 e. The number of sulfonamides is 1. The van der Waals surface area contributed by atoms with E-state index in [4.69, 9.17) is 23.1 Å². The zero-order chi connectivity index (χ0) is 16.2. The Labute approximate surface area is 133 Å². The van der Waals surface area contributed by atoms with Crippen molar-refractivity contribution >= 4 is 39.5 Å². The summed E-state index contributed by atoms with van der Waals surface area (Å²) in [6.45, 7) is 0. The Kier molecular flexibility index (Phi) is 4.79. The van der Waals surface area contributed by atoms with Crippen LogP contribution in [-0.2, 0) is 10.0 Å². The van der Waals surface area contributed by atoms with Gasteiger partial charge in [-0.05, 0) is 30.3 Å². The van der Waals surface area contributed by atoms with Crippen molar-refractivity contribution in [2.75, 3.05) is 0 Å². The third-order valence-electron chi connectivity index (χ3n) is 2.66. The van der Waals surface area contributed by atoms with E-state index < -0.39 is 10.0 Å². The summed E-state index contributed by atoms with van der Waals surface area (Å²) in [5.74, 6) is -0.388. The van der Waals surface area contributed by atoms with E-state index in [9.17, 15) is 8.42 Å². The Morgan fingerprint density at radius 3 is 2.32 bits per heavy atom. The number of guanidine groups is 1. The summed E-state index contributed by atoms with van der Waals surface area (Å²) in [7, 11) is -3.76. The minimum Gasteiger partial charge on any atom is -0.290 e. The Morgan fingerprint density at radius 1 is 1.09 bits per heavy atom. The van der Waals surface area contributed by atoms with Crippen LogP contribution in [0.3, 0.4) is 0 Å². The summed E-state index contributed by atoms with van der Waals surface area (Å²) < 4.78 is 25.7. The molecule has 6 nitrogen and oxygen atoms in total. The van der Waals surface area contributed by atoms with Crippen LogP contribution in [0.2, 0.25) is 5.02 Å². The highest BCUT2D eigenvalue weighted by Gasteiger charge is 2.14. The number of nitrogens with one attached hydrogen (secondary N) is 1. The minimum absolute atomic E-state index is 0.0394. The average molecular weight is 338 g/mol. The van der Waals surface area contributed by atoms with Gasteiger partial charge in [0.15, 0.2) is 0 Å². The van der Waals surface area contributed by atoms with E-state index >= 15 is 0 Å². The van der Waals surface area contributed by atoms with Crippen LogP contribution >= 0.6 is 11.6 Å². The zero-order valence-corrected chi connectivity index (χ0v) is 13.0. The number of aliphatic imine (C=N–C) groups is 1. The molecule has 0 aliphatic carbocycles. The van der Waals surface area contributed by atoms with E-state index in [1.165, 1.54) is 12.1 Å². The molecule has 0 unspecified atom stereocenters. The van der Waals surface area contributed by atoms with Crippen LogP contribution in [0.5, 0.6) is 0 Å². The van der Waals surface area contributed by atoms with Gasteiger partial charge in [0.1, 0.15) is 4.90 Å². The van der Waals surface area contributed by atoms with Crippen LogP contribution in [0, 0.1) is 0 Å². The lowest BCUT2D eigenvalue weighted by Gasteiger charge is -1.99. The molecule has 0 aromatic heterocycles. The van der Waals surface area contributed by atoms with Crippen LogP contribution in [-0.4, -0.2) is 20.6 Å². The van der Waals surface area contributed by atoms with Gasteiger partial charge in [-0.25, -0.2) is 0 Å². The van der Waals surface area contributed by atoms with Crippen molar-refractivity contribution in [3.8, 4) is 0 Å². The standard InChI is InChI=1S/C14H13ClN4O2S/c15-13-4-2-1-3-10(13)9-18-11-5-7-12(8-6-11)22(20,21)19-14(16)17/h1-9H,(H4,16,17,19)/p+1. The molecule has 0 atom stereocenters. The maximum absolute atomic E-state index is 11.8.